The van der Waals surface area contributed by atoms with E-state index < -0.39 is 0 Å². The minimum absolute atomic E-state index is 0.0137. The fourth-order valence-electron chi connectivity index (χ4n) is 2.22. The standard InChI is InChI=1S/C17H23NO2S/c1-3-19-16-8-6-14(11-17(16)20-4-2)15(18)7-5-13-9-10-21-12-13/h6,8-12,15H,3-5,7,18H2,1-2H3. The molecule has 1 atom stereocenters. The third-order valence-electron chi connectivity index (χ3n) is 3.32. The van der Waals surface area contributed by atoms with Gasteiger partial charge in [0, 0.05) is 6.04 Å². The lowest BCUT2D eigenvalue weighted by Gasteiger charge is -2.16. The molecule has 2 rings (SSSR count). The number of hydrogen-bond acceptors (Lipinski definition) is 4. The summed E-state index contributed by atoms with van der Waals surface area (Å²) in [5, 5.41) is 4.28. The molecule has 2 N–H and O–H groups in total. The maximum absolute atomic E-state index is 6.31. The molecule has 21 heavy (non-hydrogen) atoms. The molecule has 3 nitrogen and oxygen atoms in total. The van der Waals surface area contributed by atoms with E-state index in [1.54, 1.807) is 11.3 Å². The first-order valence-electron chi connectivity index (χ1n) is 7.40. The van der Waals surface area contributed by atoms with Gasteiger partial charge < -0.3 is 15.2 Å². The first kappa shape index (κ1) is 15.9. The van der Waals surface area contributed by atoms with Gasteiger partial charge in [-0.15, -0.1) is 0 Å². The Kier molecular flexibility index (Phi) is 6.08. The number of thiophene rings is 1. The van der Waals surface area contributed by atoms with E-state index in [4.69, 9.17) is 15.2 Å². The summed E-state index contributed by atoms with van der Waals surface area (Å²) >= 11 is 1.73. The molecule has 0 spiro atoms. The first-order valence-corrected chi connectivity index (χ1v) is 8.35. The molecule has 0 radical (unpaired) electrons. The van der Waals surface area contributed by atoms with Gasteiger partial charge in [0.15, 0.2) is 11.5 Å². The van der Waals surface area contributed by atoms with Gasteiger partial charge in [0.2, 0.25) is 0 Å². The molecule has 1 unspecified atom stereocenters. The number of ether oxygens (including phenoxy) is 2. The van der Waals surface area contributed by atoms with Crippen molar-refractivity contribution in [3.63, 3.8) is 0 Å². The van der Waals surface area contributed by atoms with E-state index >= 15 is 0 Å². The smallest absolute Gasteiger partial charge is 0.161 e. The number of rotatable bonds is 8. The van der Waals surface area contributed by atoms with E-state index in [0.29, 0.717) is 13.2 Å². The highest BCUT2D eigenvalue weighted by atomic mass is 32.1. The van der Waals surface area contributed by atoms with Crippen molar-refractivity contribution in [1.29, 1.82) is 0 Å². The molecule has 0 aliphatic heterocycles. The van der Waals surface area contributed by atoms with Gasteiger partial charge in [-0.1, -0.05) is 6.07 Å². The maximum atomic E-state index is 6.31. The Morgan fingerprint density at radius 1 is 1.10 bits per heavy atom. The fraction of sp³-hybridized carbons (Fsp3) is 0.412. The summed E-state index contributed by atoms with van der Waals surface area (Å²) in [5.41, 5.74) is 8.76. The molecular weight excluding hydrogens is 282 g/mol. The molecule has 0 saturated carbocycles. The van der Waals surface area contributed by atoms with Crippen LogP contribution in [0.4, 0.5) is 0 Å². The number of benzene rings is 1. The van der Waals surface area contributed by atoms with Gasteiger partial charge in [0.25, 0.3) is 0 Å². The van der Waals surface area contributed by atoms with Crippen LogP contribution in [-0.4, -0.2) is 13.2 Å². The molecule has 0 fully saturated rings. The van der Waals surface area contributed by atoms with E-state index in [9.17, 15) is 0 Å². The van der Waals surface area contributed by atoms with E-state index in [2.05, 4.69) is 16.8 Å². The van der Waals surface area contributed by atoms with E-state index in [1.165, 1.54) is 5.56 Å². The van der Waals surface area contributed by atoms with Crippen molar-refractivity contribution in [2.75, 3.05) is 13.2 Å². The quantitative estimate of drug-likeness (QED) is 0.795. The van der Waals surface area contributed by atoms with Gasteiger partial charge in [0.05, 0.1) is 13.2 Å². The predicted molar refractivity (Wildman–Crippen MR) is 88.3 cm³/mol. The fourth-order valence-corrected chi connectivity index (χ4v) is 2.93. The Labute approximate surface area is 130 Å². The number of hydrogen-bond donors (Lipinski definition) is 1. The molecule has 0 saturated heterocycles. The second kappa shape index (κ2) is 8.05. The van der Waals surface area contributed by atoms with Crippen LogP contribution in [0.5, 0.6) is 11.5 Å². The van der Waals surface area contributed by atoms with Crippen molar-refractivity contribution in [2.45, 2.75) is 32.7 Å². The topological polar surface area (TPSA) is 44.5 Å². The predicted octanol–water partition coefficient (Wildman–Crippen LogP) is 4.18. The molecule has 4 heteroatoms. The summed E-state index contributed by atoms with van der Waals surface area (Å²) < 4.78 is 11.2. The number of aryl methyl sites for hydroxylation is 1. The largest absolute Gasteiger partial charge is 0.490 e. The van der Waals surface area contributed by atoms with Crippen molar-refractivity contribution in [1.82, 2.24) is 0 Å². The van der Waals surface area contributed by atoms with E-state index in [-0.39, 0.29) is 6.04 Å². The van der Waals surface area contributed by atoms with Crippen molar-refractivity contribution in [2.24, 2.45) is 5.73 Å². The van der Waals surface area contributed by atoms with Gasteiger partial charge in [-0.25, -0.2) is 0 Å². The van der Waals surface area contributed by atoms with Gasteiger partial charge in [-0.2, -0.15) is 11.3 Å². The summed E-state index contributed by atoms with van der Waals surface area (Å²) in [6.07, 6.45) is 1.93. The van der Waals surface area contributed by atoms with Gasteiger partial charge in [-0.05, 0) is 66.8 Å². The average Bonchev–Trinajstić information content (AvgIpc) is 3.00. The van der Waals surface area contributed by atoms with Crippen LogP contribution in [0.15, 0.2) is 35.0 Å². The first-order chi connectivity index (χ1) is 10.2. The highest BCUT2D eigenvalue weighted by Gasteiger charge is 2.11. The third kappa shape index (κ3) is 4.48. The zero-order chi connectivity index (χ0) is 15.1. The van der Waals surface area contributed by atoms with Crippen molar-refractivity contribution < 1.29 is 9.47 Å². The zero-order valence-corrected chi connectivity index (χ0v) is 13.5. The SMILES string of the molecule is CCOc1ccc(C(N)CCc2ccsc2)cc1OCC. The minimum Gasteiger partial charge on any atom is -0.490 e. The Morgan fingerprint density at radius 3 is 2.52 bits per heavy atom. The van der Waals surface area contributed by atoms with Crippen molar-refractivity contribution >= 4 is 11.3 Å². The second-order valence-electron chi connectivity index (χ2n) is 4.85. The average molecular weight is 305 g/mol. The lowest BCUT2D eigenvalue weighted by molar-refractivity contribution is 0.287. The van der Waals surface area contributed by atoms with Crippen LogP contribution in [0.2, 0.25) is 0 Å². The van der Waals surface area contributed by atoms with E-state index in [1.807, 2.05) is 32.0 Å². The van der Waals surface area contributed by atoms with Crippen LogP contribution in [0.25, 0.3) is 0 Å². The Balaban J connectivity index is 2.05. The van der Waals surface area contributed by atoms with E-state index in [0.717, 1.165) is 29.9 Å². The molecule has 1 heterocycles. The van der Waals surface area contributed by atoms with Crippen LogP contribution in [0, 0.1) is 0 Å². The van der Waals surface area contributed by atoms with Crippen LogP contribution in [0.3, 0.4) is 0 Å². The Hall–Kier alpha value is -1.52. The Morgan fingerprint density at radius 2 is 1.86 bits per heavy atom. The molecule has 2 aromatic rings. The van der Waals surface area contributed by atoms with Crippen LogP contribution in [-0.2, 0) is 6.42 Å². The molecule has 1 aromatic heterocycles. The Bertz CT molecular complexity index is 540. The van der Waals surface area contributed by atoms with Gasteiger partial charge in [0.1, 0.15) is 0 Å². The van der Waals surface area contributed by atoms with Crippen LogP contribution < -0.4 is 15.2 Å². The zero-order valence-electron chi connectivity index (χ0n) is 12.7. The monoisotopic (exact) mass is 305 g/mol. The van der Waals surface area contributed by atoms with Gasteiger partial charge >= 0.3 is 0 Å². The minimum atomic E-state index is 0.0137. The molecular formula is C17H23NO2S. The van der Waals surface area contributed by atoms with Gasteiger partial charge in [-0.3, -0.25) is 0 Å². The lowest BCUT2D eigenvalue weighted by atomic mass is 10.0. The molecule has 0 aliphatic carbocycles. The second-order valence-corrected chi connectivity index (χ2v) is 5.63. The summed E-state index contributed by atoms with van der Waals surface area (Å²) in [6.45, 7) is 5.19. The molecule has 1 aromatic carbocycles. The highest BCUT2D eigenvalue weighted by Crippen LogP contribution is 2.31. The van der Waals surface area contributed by atoms with Crippen LogP contribution in [0.1, 0.15) is 37.4 Å². The summed E-state index contributed by atoms with van der Waals surface area (Å²) in [4.78, 5) is 0. The highest BCUT2D eigenvalue weighted by molar-refractivity contribution is 7.07. The lowest BCUT2D eigenvalue weighted by Crippen LogP contribution is -2.11. The number of nitrogens with two attached hydrogens (primary N) is 1. The summed E-state index contributed by atoms with van der Waals surface area (Å²) in [7, 11) is 0. The molecule has 0 bridgehead atoms. The third-order valence-corrected chi connectivity index (χ3v) is 4.05. The summed E-state index contributed by atoms with van der Waals surface area (Å²) in [5.74, 6) is 1.57. The van der Waals surface area contributed by atoms with Crippen LogP contribution >= 0.6 is 11.3 Å². The van der Waals surface area contributed by atoms with Crippen molar-refractivity contribution in [3.05, 3.63) is 46.2 Å². The molecule has 114 valence electrons. The normalized spacial score (nSPS) is 12.1. The molecule has 0 amide bonds. The summed E-state index contributed by atoms with van der Waals surface area (Å²) in [6, 6.07) is 8.16. The maximum Gasteiger partial charge on any atom is 0.161 e. The molecule has 0 aliphatic rings. The van der Waals surface area contributed by atoms with Crippen molar-refractivity contribution in [3.8, 4) is 11.5 Å².